The van der Waals surface area contributed by atoms with Gasteiger partial charge in [0.2, 0.25) is 0 Å². The first kappa shape index (κ1) is 19.5. The first-order chi connectivity index (χ1) is 14.2. The Hall–Kier alpha value is -2.80. The Morgan fingerprint density at radius 3 is 2.79 bits per heavy atom. The molecule has 0 aliphatic heterocycles. The number of nitrogens with zero attached hydrogens (tertiary/aromatic N) is 4. The van der Waals surface area contributed by atoms with E-state index in [1.807, 2.05) is 7.05 Å². The van der Waals surface area contributed by atoms with Crippen molar-refractivity contribution in [1.82, 2.24) is 25.1 Å². The molecule has 1 saturated carbocycles. The summed E-state index contributed by atoms with van der Waals surface area (Å²) in [5, 5.41) is 7.66. The molecule has 0 unspecified atom stereocenters. The van der Waals surface area contributed by atoms with Crippen molar-refractivity contribution in [2.75, 3.05) is 13.7 Å². The Labute approximate surface area is 170 Å². The number of halogens is 1. The minimum atomic E-state index is -0.325. The van der Waals surface area contributed by atoms with Crippen LogP contribution in [0, 0.1) is 11.7 Å². The molecule has 0 amide bonds. The summed E-state index contributed by atoms with van der Waals surface area (Å²) >= 11 is 0. The van der Waals surface area contributed by atoms with Crippen molar-refractivity contribution in [2.24, 2.45) is 5.92 Å². The van der Waals surface area contributed by atoms with Gasteiger partial charge in [-0.15, -0.1) is 0 Å². The number of rotatable bonds is 7. The molecule has 1 N–H and O–H groups in total. The lowest BCUT2D eigenvalue weighted by atomic mass is 9.84. The van der Waals surface area contributed by atoms with Crippen LogP contribution in [0.3, 0.4) is 0 Å². The van der Waals surface area contributed by atoms with Crippen LogP contribution < -0.4 is 10.1 Å². The lowest BCUT2D eigenvalue weighted by Crippen LogP contribution is -2.30. The Bertz CT molecular complexity index is 936. The highest BCUT2D eigenvalue weighted by Gasteiger charge is 2.20. The monoisotopic (exact) mass is 395 g/mol. The molecule has 1 fully saturated rings. The summed E-state index contributed by atoms with van der Waals surface area (Å²) in [6.07, 6.45) is 12.6. The normalized spacial score (nSPS) is 19.2. The highest BCUT2D eigenvalue weighted by atomic mass is 19.1. The first-order valence-corrected chi connectivity index (χ1v) is 10.1. The number of para-hydroxylation sites is 1. The third-order valence-electron chi connectivity index (χ3n) is 5.67. The second-order valence-corrected chi connectivity index (χ2v) is 7.50. The maximum atomic E-state index is 14.0. The van der Waals surface area contributed by atoms with Crippen molar-refractivity contribution in [2.45, 2.75) is 38.1 Å². The molecule has 1 aliphatic carbocycles. The highest BCUT2D eigenvalue weighted by Crippen LogP contribution is 2.30. The molecule has 7 heteroatoms. The van der Waals surface area contributed by atoms with Crippen LogP contribution in [-0.4, -0.2) is 39.4 Å². The van der Waals surface area contributed by atoms with Crippen LogP contribution in [0.2, 0.25) is 0 Å². The van der Waals surface area contributed by atoms with Crippen LogP contribution in [0.5, 0.6) is 5.75 Å². The van der Waals surface area contributed by atoms with Gasteiger partial charge in [-0.05, 0) is 57.2 Å². The van der Waals surface area contributed by atoms with E-state index in [0.717, 1.165) is 12.0 Å². The second-order valence-electron chi connectivity index (χ2n) is 7.50. The molecule has 1 aliphatic rings. The molecular formula is C22H26FN5O. The predicted molar refractivity (Wildman–Crippen MR) is 109 cm³/mol. The van der Waals surface area contributed by atoms with Crippen LogP contribution in [0.25, 0.3) is 16.9 Å². The van der Waals surface area contributed by atoms with E-state index >= 15 is 0 Å². The quantitative estimate of drug-likeness (QED) is 0.655. The largest absolute Gasteiger partial charge is 0.490 e. The Balaban J connectivity index is 1.42. The number of hydrogen-bond donors (Lipinski definition) is 1. The van der Waals surface area contributed by atoms with E-state index < -0.39 is 0 Å². The van der Waals surface area contributed by atoms with Gasteiger partial charge in [-0.2, -0.15) is 5.10 Å². The average Bonchev–Trinajstić information content (AvgIpc) is 3.25. The number of aromatic nitrogens is 4. The van der Waals surface area contributed by atoms with Crippen molar-refractivity contribution in [3.05, 3.63) is 55.0 Å². The highest BCUT2D eigenvalue weighted by molar-refractivity contribution is 5.64. The zero-order valence-electron chi connectivity index (χ0n) is 16.6. The van der Waals surface area contributed by atoms with Gasteiger partial charge in [0, 0.05) is 17.8 Å². The van der Waals surface area contributed by atoms with E-state index in [-0.39, 0.29) is 5.82 Å². The Morgan fingerprint density at radius 2 is 2.00 bits per heavy atom. The fourth-order valence-corrected chi connectivity index (χ4v) is 3.93. The number of nitrogens with one attached hydrogen (secondary N) is 1. The number of hydrogen-bond acceptors (Lipinski definition) is 5. The molecule has 2 heterocycles. The van der Waals surface area contributed by atoms with Crippen molar-refractivity contribution in [3.63, 3.8) is 0 Å². The second kappa shape index (κ2) is 9.13. The summed E-state index contributed by atoms with van der Waals surface area (Å²) < 4.78 is 21.6. The smallest absolute Gasteiger partial charge is 0.163 e. The van der Waals surface area contributed by atoms with E-state index in [1.54, 1.807) is 36.8 Å². The lowest BCUT2D eigenvalue weighted by Gasteiger charge is -2.28. The van der Waals surface area contributed by atoms with Gasteiger partial charge in [-0.3, -0.25) is 0 Å². The summed E-state index contributed by atoms with van der Waals surface area (Å²) in [6.45, 7) is 0.636. The SMILES string of the molecule is CNC1CCC(CCOc2cncnc2-c2cnn(-c3ccccc3F)c2)CC1. The summed E-state index contributed by atoms with van der Waals surface area (Å²) in [5.41, 5.74) is 1.83. The lowest BCUT2D eigenvalue weighted by molar-refractivity contribution is 0.229. The van der Waals surface area contributed by atoms with Gasteiger partial charge in [-0.1, -0.05) is 12.1 Å². The summed E-state index contributed by atoms with van der Waals surface area (Å²) in [4.78, 5) is 8.48. The fraction of sp³-hybridized carbons (Fsp3) is 0.409. The van der Waals surface area contributed by atoms with Crippen LogP contribution in [0.4, 0.5) is 4.39 Å². The third-order valence-corrected chi connectivity index (χ3v) is 5.67. The van der Waals surface area contributed by atoms with Crippen LogP contribution in [0.1, 0.15) is 32.1 Å². The molecule has 6 nitrogen and oxygen atoms in total. The zero-order chi connectivity index (χ0) is 20.1. The van der Waals surface area contributed by atoms with E-state index in [1.165, 1.54) is 42.8 Å². The maximum absolute atomic E-state index is 14.0. The molecule has 3 aromatic rings. The predicted octanol–water partition coefficient (Wildman–Crippen LogP) is 4.02. The van der Waals surface area contributed by atoms with Crippen molar-refractivity contribution in [1.29, 1.82) is 0 Å². The summed E-state index contributed by atoms with van der Waals surface area (Å²) in [6, 6.07) is 7.20. The van der Waals surface area contributed by atoms with Crippen molar-refractivity contribution in [3.8, 4) is 22.7 Å². The number of benzene rings is 1. The Kier molecular flexibility index (Phi) is 6.14. The fourth-order valence-electron chi connectivity index (χ4n) is 3.93. The molecule has 152 valence electrons. The summed E-state index contributed by atoms with van der Waals surface area (Å²) in [5.74, 6) is 1.01. The molecule has 29 heavy (non-hydrogen) atoms. The van der Waals surface area contributed by atoms with Gasteiger partial charge < -0.3 is 10.1 Å². The van der Waals surface area contributed by atoms with Crippen molar-refractivity contribution >= 4 is 0 Å². The first-order valence-electron chi connectivity index (χ1n) is 10.1. The van der Waals surface area contributed by atoms with E-state index in [2.05, 4.69) is 20.4 Å². The average molecular weight is 395 g/mol. The van der Waals surface area contributed by atoms with Crippen LogP contribution in [0.15, 0.2) is 49.2 Å². The number of ether oxygens (including phenoxy) is 1. The Morgan fingerprint density at radius 1 is 1.17 bits per heavy atom. The summed E-state index contributed by atoms with van der Waals surface area (Å²) in [7, 11) is 2.04. The van der Waals surface area contributed by atoms with E-state index in [4.69, 9.17) is 4.74 Å². The topological polar surface area (TPSA) is 64.9 Å². The van der Waals surface area contributed by atoms with Gasteiger partial charge >= 0.3 is 0 Å². The minimum Gasteiger partial charge on any atom is -0.490 e. The maximum Gasteiger partial charge on any atom is 0.163 e. The zero-order valence-corrected chi connectivity index (χ0v) is 16.6. The minimum absolute atomic E-state index is 0.325. The van der Waals surface area contributed by atoms with Gasteiger partial charge in [0.05, 0.1) is 19.0 Å². The standard InChI is InChI=1S/C22H26FN5O/c1-24-18-8-6-16(7-9-18)10-11-29-21-13-25-15-26-22(21)17-12-27-28(14-17)20-5-3-2-4-19(20)23/h2-5,12-16,18,24H,6-11H2,1H3. The third kappa shape index (κ3) is 4.62. The molecule has 0 spiro atoms. The molecule has 2 aromatic heterocycles. The van der Waals surface area contributed by atoms with E-state index in [9.17, 15) is 4.39 Å². The van der Waals surface area contributed by atoms with Crippen LogP contribution in [-0.2, 0) is 0 Å². The molecule has 1 aromatic carbocycles. The molecular weight excluding hydrogens is 369 g/mol. The van der Waals surface area contributed by atoms with Crippen molar-refractivity contribution < 1.29 is 9.13 Å². The molecule has 0 atom stereocenters. The molecule has 0 radical (unpaired) electrons. The van der Waals surface area contributed by atoms with Gasteiger partial charge in [0.15, 0.2) is 5.75 Å². The van der Waals surface area contributed by atoms with E-state index in [0.29, 0.717) is 35.7 Å². The molecule has 0 bridgehead atoms. The molecule has 0 saturated heterocycles. The van der Waals surface area contributed by atoms with Crippen LogP contribution >= 0.6 is 0 Å². The van der Waals surface area contributed by atoms with Gasteiger partial charge in [0.25, 0.3) is 0 Å². The molecule has 4 rings (SSSR count). The van der Waals surface area contributed by atoms with Gasteiger partial charge in [0.1, 0.15) is 23.5 Å². The van der Waals surface area contributed by atoms with Gasteiger partial charge in [-0.25, -0.2) is 19.0 Å².